The van der Waals surface area contributed by atoms with Gasteiger partial charge in [-0.3, -0.25) is 4.79 Å². The lowest BCUT2D eigenvalue weighted by atomic mass is 9.92. The fourth-order valence-corrected chi connectivity index (χ4v) is 3.44. The van der Waals surface area contributed by atoms with Crippen LogP contribution in [0.2, 0.25) is 0 Å². The molecule has 4 rings (SSSR count). The van der Waals surface area contributed by atoms with Crippen LogP contribution in [0.4, 0.5) is 0 Å². The van der Waals surface area contributed by atoms with Gasteiger partial charge in [-0.1, -0.05) is 12.8 Å². The number of aliphatic hydroxyl groups is 1. The van der Waals surface area contributed by atoms with Crippen molar-refractivity contribution < 1.29 is 9.90 Å². The van der Waals surface area contributed by atoms with Crippen LogP contribution in [0, 0.1) is 0 Å². The Morgan fingerprint density at radius 3 is 3.04 bits per heavy atom. The lowest BCUT2D eigenvalue weighted by molar-refractivity contribution is -0.120. The molecule has 1 saturated carbocycles. The number of hydrogen-bond acceptors (Lipinski definition) is 6. The summed E-state index contributed by atoms with van der Waals surface area (Å²) in [5, 5.41) is 22.0. The number of nitrogens with zero attached hydrogens (tertiary/aromatic N) is 6. The van der Waals surface area contributed by atoms with E-state index in [1.54, 1.807) is 28.6 Å². The second-order valence-electron chi connectivity index (χ2n) is 6.50. The van der Waals surface area contributed by atoms with Crippen LogP contribution in [0.25, 0.3) is 17.2 Å². The van der Waals surface area contributed by atoms with E-state index in [9.17, 15) is 9.90 Å². The van der Waals surface area contributed by atoms with E-state index in [-0.39, 0.29) is 18.4 Å². The monoisotopic (exact) mass is 355 g/mol. The first kappa shape index (κ1) is 16.6. The number of aliphatic hydroxyl groups excluding tert-OH is 1. The number of fused-ring (bicyclic) bond motifs is 1. The summed E-state index contributed by atoms with van der Waals surface area (Å²) in [6.45, 7) is 0. The van der Waals surface area contributed by atoms with Crippen LogP contribution in [0.1, 0.15) is 37.5 Å². The van der Waals surface area contributed by atoms with Crippen molar-refractivity contribution in [1.82, 2.24) is 34.7 Å². The minimum atomic E-state index is -0.482. The molecule has 26 heavy (non-hydrogen) atoms. The Labute approximate surface area is 150 Å². The first-order chi connectivity index (χ1) is 12.7. The van der Waals surface area contributed by atoms with Crippen molar-refractivity contribution in [3.63, 3.8) is 0 Å². The number of likely N-dealkylation sites (N-methyl/N-ethyl adjacent to an activating group) is 1. The van der Waals surface area contributed by atoms with Crippen LogP contribution < -0.4 is 5.32 Å². The number of rotatable bonds is 4. The zero-order valence-corrected chi connectivity index (χ0v) is 14.5. The summed E-state index contributed by atoms with van der Waals surface area (Å²) in [7, 11) is 1.58. The molecule has 0 radical (unpaired) electrons. The first-order valence-corrected chi connectivity index (χ1v) is 8.80. The second-order valence-corrected chi connectivity index (χ2v) is 6.50. The number of nitrogens with one attached hydrogen (secondary N) is 1. The Bertz CT molecular complexity index is 932. The van der Waals surface area contributed by atoms with Crippen LogP contribution in [0.5, 0.6) is 0 Å². The molecule has 0 spiro atoms. The van der Waals surface area contributed by atoms with Crippen LogP contribution in [0.3, 0.4) is 0 Å². The van der Waals surface area contributed by atoms with Gasteiger partial charge in [0, 0.05) is 13.2 Å². The topological polar surface area (TPSA) is 110 Å². The molecular weight excluding hydrogens is 334 g/mol. The minimum Gasteiger partial charge on any atom is -0.391 e. The fraction of sp³-hybridized carbons (Fsp3) is 0.471. The highest BCUT2D eigenvalue weighted by Gasteiger charge is 2.30. The highest BCUT2D eigenvalue weighted by atomic mass is 16.3. The van der Waals surface area contributed by atoms with E-state index in [2.05, 4.69) is 25.5 Å². The molecule has 9 heteroatoms. The second kappa shape index (κ2) is 6.83. The third kappa shape index (κ3) is 2.94. The van der Waals surface area contributed by atoms with Crippen molar-refractivity contribution >= 4 is 11.6 Å². The van der Waals surface area contributed by atoms with Gasteiger partial charge < -0.3 is 10.4 Å². The van der Waals surface area contributed by atoms with Gasteiger partial charge in [0.1, 0.15) is 5.69 Å². The van der Waals surface area contributed by atoms with E-state index in [0.717, 1.165) is 25.7 Å². The van der Waals surface area contributed by atoms with Crippen LogP contribution in [-0.4, -0.2) is 53.5 Å². The average molecular weight is 355 g/mol. The van der Waals surface area contributed by atoms with Gasteiger partial charge in [-0.05, 0) is 25.0 Å². The van der Waals surface area contributed by atoms with Gasteiger partial charge in [0.15, 0.2) is 17.3 Å². The molecule has 136 valence electrons. The van der Waals surface area contributed by atoms with Crippen molar-refractivity contribution in [2.75, 3.05) is 7.05 Å². The summed E-state index contributed by atoms with van der Waals surface area (Å²) in [5.74, 6) is 0.832. The van der Waals surface area contributed by atoms with Gasteiger partial charge in [0.05, 0.1) is 24.8 Å². The smallest absolute Gasteiger partial charge is 0.227 e. The average Bonchev–Trinajstić information content (AvgIpc) is 3.25. The summed E-state index contributed by atoms with van der Waals surface area (Å²) in [6.07, 6.45) is 6.57. The Hall–Kier alpha value is -2.81. The SMILES string of the molecule is CNC(=O)Cc1nc(-c2cnc3cccnn23)n([C@@H]2CCCC[C@H]2O)n1. The van der Waals surface area contributed by atoms with E-state index in [4.69, 9.17) is 0 Å². The highest BCUT2D eigenvalue weighted by molar-refractivity contribution is 5.77. The quantitative estimate of drug-likeness (QED) is 0.715. The van der Waals surface area contributed by atoms with Crippen molar-refractivity contribution in [1.29, 1.82) is 0 Å². The summed E-state index contributed by atoms with van der Waals surface area (Å²) < 4.78 is 3.44. The molecule has 2 N–H and O–H groups in total. The third-order valence-electron chi connectivity index (χ3n) is 4.79. The molecule has 3 aromatic rings. The highest BCUT2D eigenvalue weighted by Crippen LogP contribution is 2.32. The van der Waals surface area contributed by atoms with Crippen LogP contribution >= 0.6 is 0 Å². The van der Waals surface area contributed by atoms with Crippen molar-refractivity contribution in [2.24, 2.45) is 0 Å². The predicted octanol–water partition coefficient (Wildman–Crippen LogP) is 0.752. The number of amides is 1. The molecule has 3 heterocycles. The maximum Gasteiger partial charge on any atom is 0.227 e. The molecule has 0 saturated heterocycles. The molecule has 0 aliphatic heterocycles. The maximum atomic E-state index is 11.8. The standard InChI is InChI=1S/C17H21N7O2/c1-18-16(26)9-14-21-17(12-10-19-15-7-4-8-20-23(12)15)24(22-14)11-5-2-3-6-13(11)25/h4,7-8,10-11,13,25H,2-3,5-6,9H2,1H3,(H,18,26)/t11-,13-/m1/s1. The van der Waals surface area contributed by atoms with Crippen LogP contribution in [-0.2, 0) is 11.2 Å². The van der Waals surface area contributed by atoms with Crippen molar-refractivity contribution in [3.05, 3.63) is 30.4 Å². The summed E-state index contributed by atoms with van der Waals surface area (Å²) >= 11 is 0. The van der Waals surface area contributed by atoms with Gasteiger partial charge >= 0.3 is 0 Å². The lowest BCUT2D eigenvalue weighted by Crippen LogP contribution is -2.29. The number of carbonyl (C=O) groups is 1. The Balaban J connectivity index is 1.82. The minimum absolute atomic E-state index is 0.0868. The Kier molecular flexibility index (Phi) is 4.37. The number of carbonyl (C=O) groups excluding carboxylic acids is 1. The van der Waals surface area contributed by atoms with Gasteiger partial charge in [-0.25, -0.2) is 19.2 Å². The Morgan fingerprint density at radius 1 is 1.38 bits per heavy atom. The molecule has 9 nitrogen and oxygen atoms in total. The number of imidazole rings is 1. The van der Waals surface area contributed by atoms with Crippen LogP contribution in [0.15, 0.2) is 24.5 Å². The predicted molar refractivity (Wildman–Crippen MR) is 93.3 cm³/mol. The molecule has 3 aromatic heterocycles. The number of aromatic nitrogens is 6. The molecule has 1 fully saturated rings. The van der Waals surface area contributed by atoms with E-state index in [0.29, 0.717) is 23.0 Å². The van der Waals surface area contributed by atoms with Gasteiger partial charge in [-0.15, -0.1) is 0 Å². The van der Waals surface area contributed by atoms with Crippen molar-refractivity contribution in [3.8, 4) is 11.5 Å². The molecular formula is C17H21N7O2. The van der Waals surface area contributed by atoms with E-state index >= 15 is 0 Å². The normalized spacial score (nSPS) is 20.4. The van der Waals surface area contributed by atoms with E-state index in [1.807, 2.05) is 12.1 Å². The molecule has 0 aromatic carbocycles. The van der Waals surface area contributed by atoms with Gasteiger partial charge in [0.25, 0.3) is 0 Å². The van der Waals surface area contributed by atoms with E-state index in [1.165, 1.54) is 0 Å². The largest absolute Gasteiger partial charge is 0.391 e. The molecule has 1 aliphatic carbocycles. The maximum absolute atomic E-state index is 11.8. The molecule has 0 bridgehead atoms. The first-order valence-electron chi connectivity index (χ1n) is 8.80. The molecule has 1 amide bonds. The summed E-state index contributed by atoms with van der Waals surface area (Å²) in [5.41, 5.74) is 1.39. The van der Waals surface area contributed by atoms with E-state index < -0.39 is 6.10 Å². The Morgan fingerprint density at radius 2 is 2.23 bits per heavy atom. The van der Waals surface area contributed by atoms with Gasteiger partial charge in [0.2, 0.25) is 5.91 Å². The number of hydrogen-bond donors (Lipinski definition) is 2. The zero-order valence-electron chi connectivity index (χ0n) is 14.5. The third-order valence-corrected chi connectivity index (χ3v) is 4.79. The molecule has 0 unspecified atom stereocenters. The molecule has 1 aliphatic rings. The lowest BCUT2D eigenvalue weighted by Gasteiger charge is -2.28. The summed E-state index contributed by atoms with van der Waals surface area (Å²) in [6, 6.07) is 3.51. The molecule has 2 atom stereocenters. The fourth-order valence-electron chi connectivity index (χ4n) is 3.44. The van der Waals surface area contributed by atoms with Crippen molar-refractivity contribution in [2.45, 2.75) is 44.2 Å². The summed E-state index contributed by atoms with van der Waals surface area (Å²) in [4.78, 5) is 20.7. The van der Waals surface area contributed by atoms with Gasteiger partial charge in [-0.2, -0.15) is 10.2 Å². The zero-order chi connectivity index (χ0) is 18.1.